The molecular weight excluding hydrogens is 244 g/mol. The summed E-state index contributed by atoms with van der Waals surface area (Å²) >= 11 is 0. The van der Waals surface area contributed by atoms with Gasteiger partial charge in [0, 0.05) is 6.92 Å². The first-order valence-electron chi connectivity index (χ1n) is 5.57. The van der Waals surface area contributed by atoms with E-state index >= 15 is 0 Å². The number of methoxy groups -OCH3 is 1. The Morgan fingerprint density at radius 2 is 2.00 bits per heavy atom. The first-order chi connectivity index (χ1) is 9.13. The van der Waals surface area contributed by atoms with Gasteiger partial charge in [0.1, 0.15) is 11.9 Å². The van der Waals surface area contributed by atoms with Crippen molar-refractivity contribution in [3.63, 3.8) is 0 Å². The molecule has 0 bridgehead atoms. The molecule has 0 spiro atoms. The van der Waals surface area contributed by atoms with Crippen LogP contribution < -0.4 is 4.74 Å². The van der Waals surface area contributed by atoms with Crippen LogP contribution in [-0.4, -0.2) is 24.8 Å². The summed E-state index contributed by atoms with van der Waals surface area (Å²) in [6.45, 7) is 1.31. The summed E-state index contributed by atoms with van der Waals surface area (Å²) in [5.74, 6) is 10.4. The molecule has 0 aliphatic carbocycles. The molecule has 1 atom stereocenters. The molecule has 98 valence electrons. The Bertz CT molecular complexity index is 537. The molecule has 0 fully saturated rings. The maximum absolute atomic E-state index is 10.4. The molecule has 4 nitrogen and oxygen atoms in total. The van der Waals surface area contributed by atoms with Gasteiger partial charge in [-0.3, -0.25) is 4.79 Å². The lowest BCUT2D eigenvalue weighted by atomic mass is 10.1. The van der Waals surface area contributed by atoms with E-state index in [-0.39, 0.29) is 12.6 Å². The highest BCUT2D eigenvalue weighted by Gasteiger charge is 2.02. The van der Waals surface area contributed by atoms with Crippen LogP contribution in [0.3, 0.4) is 0 Å². The normalized spacial score (nSPS) is 10.3. The maximum atomic E-state index is 10.4. The molecule has 0 saturated carbocycles. The highest BCUT2D eigenvalue weighted by Crippen LogP contribution is 2.16. The second-order valence-electron chi connectivity index (χ2n) is 3.53. The summed E-state index contributed by atoms with van der Waals surface area (Å²) in [6.07, 6.45) is -0.908. The van der Waals surface area contributed by atoms with Crippen molar-refractivity contribution in [2.75, 3.05) is 13.7 Å². The van der Waals surface area contributed by atoms with E-state index in [1.807, 2.05) is 0 Å². The summed E-state index contributed by atoms with van der Waals surface area (Å²) in [4.78, 5) is 10.4. The Labute approximate surface area is 112 Å². The Hall–Kier alpha value is -2.43. The number of ether oxygens (including phenoxy) is 2. The third kappa shape index (κ3) is 5.63. The highest BCUT2D eigenvalue weighted by atomic mass is 16.5. The van der Waals surface area contributed by atoms with Gasteiger partial charge in [0.05, 0.1) is 7.11 Å². The number of aliphatic hydroxyl groups excluding tert-OH is 1. The zero-order valence-corrected chi connectivity index (χ0v) is 10.8. The number of esters is 1. The van der Waals surface area contributed by atoms with E-state index < -0.39 is 6.10 Å². The van der Waals surface area contributed by atoms with Gasteiger partial charge in [-0.05, 0) is 35.5 Å². The first kappa shape index (κ1) is 14.6. The van der Waals surface area contributed by atoms with Gasteiger partial charge >= 0.3 is 5.97 Å². The molecule has 0 amide bonds. The molecule has 0 aliphatic rings. The molecule has 19 heavy (non-hydrogen) atoms. The molecule has 0 heterocycles. The van der Waals surface area contributed by atoms with Crippen LogP contribution in [0, 0.1) is 23.7 Å². The van der Waals surface area contributed by atoms with Crippen LogP contribution in [0.2, 0.25) is 0 Å². The molecule has 1 rings (SSSR count). The molecule has 4 heteroatoms. The predicted molar refractivity (Wildman–Crippen MR) is 70.1 cm³/mol. The van der Waals surface area contributed by atoms with Crippen LogP contribution in [0.15, 0.2) is 24.3 Å². The molecule has 0 aromatic heterocycles. The van der Waals surface area contributed by atoms with E-state index in [1.165, 1.54) is 6.92 Å². The Morgan fingerprint density at radius 1 is 1.32 bits per heavy atom. The Morgan fingerprint density at radius 3 is 2.58 bits per heavy atom. The standard InChI is InChI=1S/C15H14O4/c1-12(16)19-11-5-3-4-6-15(17)13-7-9-14(18-2)10-8-13/h7-10,15,17H,11H2,1-2H3/t15-/m1/s1. The number of carbonyl (C=O) groups is 1. The van der Waals surface area contributed by atoms with Crippen molar-refractivity contribution in [3.8, 4) is 29.4 Å². The first-order valence-corrected chi connectivity index (χ1v) is 5.57. The van der Waals surface area contributed by atoms with E-state index in [0.29, 0.717) is 11.3 Å². The van der Waals surface area contributed by atoms with Crippen LogP contribution in [0.25, 0.3) is 0 Å². The minimum absolute atomic E-state index is 0.00262. The van der Waals surface area contributed by atoms with Crippen molar-refractivity contribution in [3.05, 3.63) is 29.8 Å². The van der Waals surface area contributed by atoms with E-state index in [2.05, 4.69) is 28.4 Å². The summed E-state index contributed by atoms with van der Waals surface area (Å²) in [6, 6.07) is 6.94. The van der Waals surface area contributed by atoms with Gasteiger partial charge in [0.25, 0.3) is 0 Å². The van der Waals surface area contributed by atoms with Crippen molar-refractivity contribution in [2.45, 2.75) is 13.0 Å². The monoisotopic (exact) mass is 258 g/mol. The summed E-state index contributed by atoms with van der Waals surface area (Å²) in [5, 5.41) is 9.76. The maximum Gasteiger partial charge on any atom is 0.303 e. The Kier molecular flexibility index (Phi) is 6.02. The number of benzene rings is 1. The number of hydrogen-bond acceptors (Lipinski definition) is 4. The average molecular weight is 258 g/mol. The molecular formula is C15H14O4. The van der Waals surface area contributed by atoms with Crippen LogP contribution in [0.5, 0.6) is 5.75 Å². The van der Waals surface area contributed by atoms with Gasteiger partial charge < -0.3 is 14.6 Å². The smallest absolute Gasteiger partial charge is 0.303 e. The molecule has 0 unspecified atom stereocenters. The van der Waals surface area contributed by atoms with Gasteiger partial charge in [-0.15, -0.1) is 0 Å². The third-order valence-electron chi connectivity index (χ3n) is 2.14. The van der Waals surface area contributed by atoms with E-state index in [4.69, 9.17) is 4.74 Å². The van der Waals surface area contributed by atoms with Gasteiger partial charge in [-0.1, -0.05) is 18.1 Å². The summed E-state index contributed by atoms with van der Waals surface area (Å²) in [5.41, 5.74) is 0.662. The summed E-state index contributed by atoms with van der Waals surface area (Å²) in [7, 11) is 1.57. The van der Waals surface area contributed by atoms with Crippen LogP contribution in [0.1, 0.15) is 18.6 Å². The van der Waals surface area contributed by atoms with Gasteiger partial charge in [0.2, 0.25) is 0 Å². The van der Waals surface area contributed by atoms with Crippen molar-refractivity contribution in [1.29, 1.82) is 0 Å². The average Bonchev–Trinajstić information content (AvgIpc) is 2.42. The zero-order chi connectivity index (χ0) is 14.1. The quantitative estimate of drug-likeness (QED) is 0.656. The van der Waals surface area contributed by atoms with Gasteiger partial charge in [-0.25, -0.2) is 0 Å². The lowest BCUT2D eigenvalue weighted by molar-refractivity contribution is -0.139. The van der Waals surface area contributed by atoms with Crippen LogP contribution in [0.4, 0.5) is 0 Å². The minimum atomic E-state index is -0.908. The van der Waals surface area contributed by atoms with Crippen molar-refractivity contribution in [2.24, 2.45) is 0 Å². The van der Waals surface area contributed by atoms with Gasteiger partial charge in [0.15, 0.2) is 6.61 Å². The van der Waals surface area contributed by atoms with E-state index in [9.17, 15) is 9.90 Å². The molecule has 1 N–H and O–H groups in total. The van der Waals surface area contributed by atoms with E-state index in [1.54, 1.807) is 31.4 Å². The second kappa shape index (κ2) is 7.81. The number of rotatable bonds is 3. The van der Waals surface area contributed by atoms with E-state index in [0.717, 1.165) is 0 Å². The molecule has 1 aromatic rings. The lowest BCUT2D eigenvalue weighted by Gasteiger charge is -2.04. The largest absolute Gasteiger partial charge is 0.497 e. The zero-order valence-electron chi connectivity index (χ0n) is 10.8. The number of hydrogen-bond donors (Lipinski definition) is 1. The number of aliphatic hydroxyl groups is 1. The fourth-order valence-electron chi connectivity index (χ4n) is 1.19. The SMILES string of the molecule is COc1ccc([C@H](O)C#CC#CCOC(C)=O)cc1. The van der Waals surface area contributed by atoms with Crippen LogP contribution in [-0.2, 0) is 9.53 Å². The van der Waals surface area contributed by atoms with Crippen molar-refractivity contribution in [1.82, 2.24) is 0 Å². The van der Waals surface area contributed by atoms with Crippen LogP contribution >= 0.6 is 0 Å². The highest BCUT2D eigenvalue weighted by molar-refractivity contribution is 5.66. The molecule has 0 radical (unpaired) electrons. The number of carbonyl (C=O) groups excluding carboxylic acids is 1. The van der Waals surface area contributed by atoms with Crippen molar-refractivity contribution >= 4 is 5.97 Å². The molecule has 1 aromatic carbocycles. The third-order valence-corrected chi connectivity index (χ3v) is 2.14. The topological polar surface area (TPSA) is 55.8 Å². The second-order valence-corrected chi connectivity index (χ2v) is 3.53. The summed E-state index contributed by atoms with van der Waals surface area (Å²) < 4.78 is 9.61. The van der Waals surface area contributed by atoms with Crippen molar-refractivity contribution < 1.29 is 19.4 Å². The van der Waals surface area contributed by atoms with Gasteiger partial charge in [-0.2, -0.15) is 0 Å². The lowest BCUT2D eigenvalue weighted by Crippen LogP contribution is -1.97. The predicted octanol–water partition coefficient (Wildman–Crippen LogP) is 1.30. The molecule has 0 saturated heterocycles. The minimum Gasteiger partial charge on any atom is -0.497 e. The fraction of sp³-hybridized carbons (Fsp3) is 0.267. The molecule has 0 aliphatic heterocycles. The Balaban J connectivity index is 2.54. The fourth-order valence-corrected chi connectivity index (χ4v) is 1.19.